The topological polar surface area (TPSA) is 86.7 Å². The van der Waals surface area contributed by atoms with Crippen molar-refractivity contribution in [3.8, 4) is 0 Å². The average Bonchev–Trinajstić information content (AvgIpc) is 2.88. The van der Waals surface area contributed by atoms with Crippen LogP contribution in [-0.4, -0.2) is 27.5 Å². The minimum absolute atomic E-state index is 0.245. The van der Waals surface area contributed by atoms with E-state index in [9.17, 15) is 9.59 Å². The summed E-state index contributed by atoms with van der Waals surface area (Å²) in [6, 6.07) is 9.78. The van der Waals surface area contributed by atoms with Gasteiger partial charge in [-0.1, -0.05) is 53.4 Å². The number of hydrogen-bond donors (Lipinski definition) is 2. The quantitative estimate of drug-likeness (QED) is 0.881. The van der Waals surface area contributed by atoms with Gasteiger partial charge >= 0.3 is 4.87 Å². The first kappa shape index (κ1) is 14.7. The zero-order valence-corrected chi connectivity index (χ0v) is 13.3. The maximum atomic E-state index is 12.1. The van der Waals surface area contributed by atoms with Crippen molar-refractivity contribution < 1.29 is 4.79 Å². The fourth-order valence-electron chi connectivity index (χ4n) is 1.91. The van der Waals surface area contributed by atoms with Crippen molar-refractivity contribution in [1.82, 2.24) is 10.3 Å². The van der Waals surface area contributed by atoms with Gasteiger partial charge in [0.25, 0.3) is 5.91 Å². The minimum Gasteiger partial charge on any atom is -0.316 e. The highest BCUT2D eigenvalue weighted by molar-refractivity contribution is 8.14. The number of carbonyl (C=O) groups excluding carboxylic acids is 1. The average molecular weight is 332 g/mol. The Bertz CT molecular complexity index is 821. The third-order valence-corrected chi connectivity index (χ3v) is 4.82. The lowest BCUT2D eigenvalue weighted by Crippen LogP contribution is -2.30. The molecule has 0 saturated carbocycles. The molecule has 0 bridgehead atoms. The first-order chi connectivity index (χ1) is 10.6. The molecule has 2 aromatic rings. The number of benzene rings is 1. The molecule has 0 fully saturated rings. The number of thiazole rings is 1. The van der Waals surface area contributed by atoms with Gasteiger partial charge < -0.3 is 4.98 Å². The van der Waals surface area contributed by atoms with Gasteiger partial charge in [0.15, 0.2) is 5.17 Å². The standard InChI is InChI=1S/C14H12N4O2S2/c1-8-11(22-14(20)15-8)12(19)16-13-18-17-10(7-21-13)9-5-3-2-4-6-9/h2-6H,7H2,1H3,(H,15,20)(H,16,18,19). The molecule has 0 radical (unpaired) electrons. The molecule has 2 heterocycles. The highest BCUT2D eigenvalue weighted by atomic mass is 32.2. The van der Waals surface area contributed by atoms with Crippen molar-refractivity contribution >= 4 is 39.9 Å². The zero-order chi connectivity index (χ0) is 15.5. The Hall–Kier alpha value is -2.19. The number of thioether (sulfide) groups is 1. The number of carbonyl (C=O) groups is 1. The Morgan fingerprint density at radius 1 is 1.27 bits per heavy atom. The number of nitrogens with one attached hydrogen (secondary N) is 2. The lowest BCUT2D eigenvalue weighted by Gasteiger charge is -2.12. The molecule has 3 rings (SSSR count). The van der Waals surface area contributed by atoms with E-state index >= 15 is 0 Å². The molecule has 0 atom stereocenters. The number of aromatic nitrogens is 1. The van der Waals surface area contributed by atoms with Gasteiger partial charge in [-0.15, -0.1) is 5.10 Å². The summed E-state index contributed by atoms with van der Waals surface area (Å²) in [6.45, 7) is 1.69. The Kier molecular flexibility index (Phi) is 4.21. The highest BCUT2D eigenvalue weighted by Gasteiger charge is 2.18. The number of aromatic amines is 1. The molecule has 1 aliphatic rings. The third kappa shape index (κ3) is 3.18. The second kappa shape index (κ2) is 6.29. The van der Waals surface area contributed by atoms with Crippen LogP contribution in [0, 0.1) is 6.92 Å². The van der Waals surface area contributed by atoms with E-state index in [-0.39, 0.29) is 10.8 Å². The summed E-state index contributed by atoms with van der Waals surface area (Å²) in [5.41, 5.74) is 2.44. The van der Waals surface area contributed by atoms with Crippen LogP contribution in [0.25, 0.3) is 0 Å². The van der Waals surface area contributed by atoms with E-state index in [1.165, 1.54) is 11.8 Å². The van der Waals surface area contributed by atoms with E-state index in [4.69, 9.17) is 0 Å². The van der Waals surface area contributed by atoms with E-state index in [2.05, 4.69) is 20.5 Å². The molecule has 6 nitrogen and oxygen atoms in total. The fraction of sp³-hybridized carbons (Fsp3) is 0.143. The molecular weight excluding hydrogens is 320 g/mol. The van der Waals surface area contributed by atoms with E-state index in [0.29, 0.717) is 21.5 Å². The molecule has 0 saturated heterocycles. The lowest BCUT2D eigenvalue weighted by molar-refractivity contribution is 0.0981. The van der Waals surface area contributed by atoms with Crippen molar-refractivity contribution in [1.29, 1.82) is 0 Å². The number of amidine groups is 1. The Balaban J connectivity index is 1.74. The number of rotatable bonds is 2. The maximum absolute atomic E-state index is 12.1. The number of H-pyrrole nitrogens is 1. The van der Waals surface area contributed by atoms with Gasteiger partial charge in [-0.2, -0.15) is 5.10 Å². The number of amides is 1. The van der Waals surface area contributed by atoms with Crippen LogP contribution in [0.1, 0.15) is 20.9 Å². The van der Waals surface area contributed by atoms with Crippen LogP contribution >= 0.6 is 23.1 Å². The molecular formula is C14H12N4O2S2. The fourth-order valence-corrected chi connectivity index (χ4v) is 3.41. The molecule has 0 aliphatic carbocycles. The van der Waals surface area contributed by atoms with Crippen molar-refractivity contribution in [2.45, 2.75) is 6.92 Å². The predicted molar refractivity (Wildman–Crippen MR) is 90.0 cm³/mol. The van der Waals surface area contributed by atoms with Crippen LogP contribution in [-0.2, 0) is 0 Å². The summed E-state index contributed by atoms with van der Waals surface area (Å²) in [4.78, 5) is 26.0. The van der Waals surface area contributed by atoms with E-state index in [1.807, 2.05) is 30.3 Å². The number of aryl methyl sites for hydroxylation is 1. The van der Waals surface area contributed by atoms with Crippen molar-refractivity contribution in [3.05, 3.63) is 56.1 Å². The predicted octanol–water partition coefficient (Wildman–Crippen LogP) is 1.98. The van der Waals surface area contributed by atoms with Crippen LogP contribution in [0.2, 0.25) is 0 Å². The van der Waals surface area contributed by atoms with Gasteiger partial charge in [-0.05, 0) is 12.5 Å². The molecule has 0 unspecified atom stereocenters. The molecule has 8 heteroatoms. The molecule has 2 N–H and O–H groups in total. The van der Waals surface area contributed by atoms with Gasteiger partial charge in [0.1, 0.15) is 4.88 Å². The summed E-state index contributed by atoms with van der Waals surface area (Å²) in [5, 5.41) is 11.3. The van der Waals surface area contributed by atoms with Gasteiger partial charge in [0.2, 0.25) is 0 Å². The second-order valence-electron chi connectivity index (χ2n) is 4.53. The molecule has 112 valence electrons. The van der Waals surface area contributed by atoms with Crippen LogP contribution < -0.4 is 10.2 Å². The summed E-state index contributed by atoms with van der Waals surface area (Å²) in [6.07, 6.45) is 0. The van der Waals surface area contributed by atoms with Crippen molar-refractivity contribution in [2.75, 3.05) is 5.75 Å². The summed E-state index contributed by atoms with van der Waals surface area (Å²) in [5.74, 6) is 0.288. The van der Waals surface area contributed by atoms with Gasteiger partial charge in [0.05, 0.1) is 5.71 Å². The third-order valence-electron chi connectivity index (χ3n) is 2.97. The van der Waals surface area contributed by atoms with Gasteiger partial charge in [0, 0.05) is 11.4 Å². The summed E-state index contributed by atoms with van der Waals surface area (Å²) in [7, 11) is 0. The zero-order valence-electron chi connectivity index (χ0n) is 11.6. The van der Waals surface area contributed by atoms with Crippen LogP contribution in [0.4, 0.5) is 0 Å². The number of hydrogen-bond acceptors (Lipinski definition) is 6. The first-order valence-corrected chi connectivity index (χ1v) is 8.27. The van der Waals surface area contributed by atoms with E-state index < -0.39 is 0 Å². The smallest absolute Gasteiger partial charge is 0.305 e. The maximum Gasteiger partial charge on any atom is 0.305 e. The van der Waals surface area contributed by atoms with E-state index in [1.54, 1.807) is 6.92 Å². The van der Waals surface area contributed by atoms with Gasteiger partial charge in [-0.3, -0.25) is 14.9 Å². The Morgan fingerprint density at radius 3 is 2.64 bits per heavy atom. The summed E-state index contributed by atoms with van der Waals surface area (Å²) >= 11 is 2.29. The Labute approximate surface area is 134 Å². The van der Waals surface area contributed by atoms with Gasteiger partial charge in [-0.25, -0.2) is 0 Å². The minimum atomic E-state index is -0.342. The van der Waals surface area contributed by atoms with E-state index in [0.717, 1.165) is 22.6 Å². The largest absolute Gasteiger partial charge is 0.316 e. The SMILES string of the molecule is Cc1[nH]c(=O)sc1C(=O)NC1=NN=C(c2ccccc2)CS1. The molecule has 22 heavy (non-hydrogen) atoms. The Morgan fingerprint density at radius 2 is 2.05 bits per heavy atom. The monoisotopic (exact) mass is 332 g/mol. The highest BCUT2D eigenvalue weighted by Crippen LogP contribution is 2.15. The van der Waals surface area contributed by atoms with Crippen molar-refractivity contribution in [2.24, 2.45) is 10.2 Å². The van der Waals surface area contributed by atoms with Crippen molar-refractivity contribution in [3.63, 3.8) is 0 Å². The molecule has 1 amide bonds. The normalized spacial score (nSPS) is 14.2. The molecule has 1 aliphatic heterocycles. The first-order valence-electron chi connectivity index (χ1n) is 6.47. The number of nitrogens with zero attached hydrogens (tertiary/aromatic N) is 2. The van der Waals surface area contributed by atoms with Crippen LogP contribution in [0.15, 0.2) is 45.3 Å². The van der Waals surface area contributed by atoms with Crippen LogP contribution in [0.3, 0.4) is 0 Å². The summed E-state index contributed by atoms with van der Waals surface area (Å²) < 4.78 is 0. The molecule has 0 spiro atoms. The second-order valence-corrected chi connectivity index (χ2v) is 6.48. The molecule has 1 aromatic carbocycles. The molecule has 1 aromatic heterocycles. The van der Waals surface area contributed by atoms with Crippen LogP contribution in [0.5, 0.6) is 0 Å². The lowest BCUT2D eigenvalue weighted by atomic mass is 10.1.